The zero-order valence-corrected chi connectivity index (χ0v) is 11.1. The summed E-state index contributed by atoms with van der Waals surface area (Å²) in [6, 6.07) is -0.743. The van der Waals surface area contributed by atoms with E-state index in [1.807, 2.05) is 6.92 Å². The van der Waals surface area contributed by atoms with Crippen LogP contribution in [-0.4, -0.2) is 48.8 Å². The van der Waals surface area contributed by atoms with Crippen LogP contribution in [0.1, 0.15) is 23.7 Å². The van der Waals surface area contributed by atoms with E-state index in [1.165, 1.54) is 27.5 Å². The summed E-state index contributed by atoms with van der Waals surface area (Å²) in [6.07, 6.45) is 3.81. The number of hydrogen-bond acceptors (Lipinski definition) is 4. The Kier molecular flexibility index (Phi) is 3.60. The second-order valence-corrected chi connectivity index (χ2v) is 5.38. The average molecular weight is 269 g/mol. The van der Waals surface area contributed by atoms with Gasteiger partial charge in [0.1, 0.15) is 6.04 Å². The largest absolute Gasteiger partial charge is 0.480 e. The van der Waals surface area contributed by atoms with Crippen LogP contribution in [0.2, 0.25) is 0 Å². The second kappa shape index (κ2) is 5.01. The van der Waals surface area contributed by atoms with Gasteiger partial charge in [0.25, 0.3) is 5.91 Å². The van der Waals surface area contributed by atoms with Crippen molar-refractivity contribution in [2.75, 3.05) is 5.75 Å². The number of amides is 1. The lowest BCUT2D eigenvalue weighted by Gasteiger charge is -2.26. The summed E-state index contributed by atoms with van der Waals surface area (Å²) in [5, 5.41) is 13.0. The minimum Gasteiger partial charge on any atom is -0.480 e. The van der Waals surface area contributed by atoms with Crippen LogP contribution in [0, 0.1) is 0 Å². The van der Waals surface area contributed by atoms with Crippen LogP contribution < -0.4 is 0 Å². The van der Waals surface area contributed by atoms with Crippen molar-refractivity contribution in [3.8, 4) is 0 Å². The molecule has 2 unspecified atom stereocenters. The summed E-state index contributed by atoms with van der Waals surface area (Å²) in [4.78, 5) is 25.0. The zero-order chi connectivity index (χ0) is 13.3. The summed E-state index contributed by atoms with van der Waals surface area (Å²) in [5.41, 5.74) is 0.435. The predicted octanol–water partition coefficient (Wildman–Crippen LogP) is 0.798. The molecule has 1 amide bonds. The van der Waals surface area contributed by atoms with Gasteiger partial charge in [-0.15, -0.1) is 11.8 Å². The number of aryl methyl sites for hydroxylation is 1. The molecule has 6 nitrogen and oxygen atoms in total. The third kappa shape index (κ3) is 2.22. The first-order valence-corrected chi connectivity index (χ1v) is 6.75. The molecule has 0 radical (unpaired) electrons. The number of nitrogens with zero attached hydrogens (tertiary/aromatic N) is 3. The number of aliphatic carboxylic acids is 1. The quantitative estimate of drug-likeness (QED) is 0.878. The molecule has 0 bridgehead atoms. The summed E-state index contributed by atoms with van der Waals surface area (Å²) < 4.78 is 1.53. The van der Waals surface area contributed by atoms with Gasteiger partial charge in [-0.05, 0) is 6.42 Å². The summed E-state index contributed by atoms with van der Waals surface area (Å²) in [6.45, 7) is 1.95. The Labute approximate surface area is 109 Å². The first kappa shape index (κ1) is 12.9. The van der Waals surface area contributed by atoms with Gasteiger partial charge < -0.3 is 10.0 Å². The molecular weight excluding hydrogens is 254 g/mol. The number of carboxylic acid groups (broad SMARTS) is 1. The fourth-order valence-corrected chi connectivity index (χ4v) is 3.37. The topological polar surface area (TPSA) is 75.4 Å². The van der Waals surface area contributed by atoms with Gasteiger partial charge in [-0.2, -0.15) is 5.10 Å². The van der Waals surface area contributed by atoms with Crippen LogP contribution in [0.4, 0.5) is 0 Å². The van der Waals surface area contributed by atoms with E-state index in [2.05, 4.69) is 5.10 Å². The number of hydrogen-bond donors (Lipinski definition) is 1. The molecule has 7 heteroatoms. The van der Waals surface area contributed by atoms with Crippen LogP contribution in [0.3, 0.4) is 0 Å². The molecule has 1 aromatic rings. The number of rotatable bonds is 3. The molecule has 2 rings (SSSR count). The van der Waals surface area contributed by atoms with Gasteiger partial charge in [0, 0.05) is 19.0 Å². The molecule has 2 heterocycles. The maximum atomic E-state index is 12.3. The monoisotopic (exact) mass is 269 g/mol. The molecule has 1 N–H and O–H groups in total. The lowest BCUT2D eigenvalue weighted by molar-refractivity contribution is -0.141. The summed E-state index contributed by atoms with van der Waals surface area (Å²) >= 11 is 1.51. The van der Waals surface area contributed by atoms with Gasteiger partial charge in [-0.25, -0.2) is 4.79 Å². The minimum atomic E-state index is -0.948. The molecule has 1 aromatic heterocycles. The number of aromatic nitrogens is 2. The van der Waals surface area contributed by atoms with E-state index in [1.54, 1.807) is 13.2 Å². The lowest BCUT2D eigenvalue weighted by atomic mass is 10.2. The van der Waals surface area contributed by atoms with Crippen molar-refractivity contribution < 1.29 is 14.7 Å². The number of carboxylic acids is 1. The normalized spacial score (nSPS) is 23.3. The molecule has 1 aliphatic heterocycles. The van der Waals surface area contributed by atoms with Gasteiger partial charge in [0.2, 0.25) is 0 Å². The molecule has 1 saturated heterocycles. The lowest BCUT2D eigenvalue weighted by Crippen LogP contribution is -2.45. The first-order valence-electron chi connectivity index (χ1n) is 5.70. The van der Waals surface area contributed by atoms with E-state index >= 15 is 0 Å². The smallest absolute Gasteiger partial charge is 0.327 e. The fourth-order valence-electron chi connectivity index (χ4n) is 2.02. The molecule has 0 saturated carbocycles. The molecule has 1 aliphatic rings. The van der Waals surface area contributed by atoms with E-state index < -0.39 is 12.0 Å². The number of carbonyl (C=O) groups is 2. The maximum Gasteiger partial charge on any atom is 0.327 e. The van der Waals surface area contributed by atoms with Crippen LogP contribution >= 0.6 is 11.8 Å². The van der Waals surface area contributed by atoms with E-state index in [-0.39, 0.29) is 11.3 Å². The summed E-state index contributed by atoms with van der Waals surface area (Å²) in [5.74, 6) is -0.761. The van der Waals surface area contributed by atoms with Crippen molar-refractivity contribution in [3.05, 3.63) is 18.0 Å². The van der Waals surface area contributed by atoms with Gasteiger partial charge >= 0.3 is 5.97 Å². The molecule has 0 aliphatic carbocycles. The van der Waals surface area contributed by atoms with Gasteiger partial charge in [0.05, 0.1) is 17.1 Å². The van der Waals surface area contributed by atoms with Crippen LogP contribution in [0.15, 0.2) is 12.4 Å². The van der Waals surface area contributed by atoms with E-state index in [4.69, 9.17) is 5.11 Å². The Hall–Kier alpha value is -1.50. The molecule has 18 heavy (non-hydrogen) atoms. The highest BCUT2D eigenvalue weighted by Gasteiger charge is 2.41. The highest BCUT2D eigenvalue weighted by molar-refractivity contribution is 8.00. The molecule has 0 spiro atoms. The number of thioether (sulfide) groups is 1. The molecule has 2 atom stereocenters. The van der Waals surface area contributed by atoms with Crippen molar-refractivity contribution >= 4 is 23.6 Å². The summed E-state index contributed by atoms with van der Waals surface area (Å²) in [7, 11) is 1.72. The van der Waals surface area contributed by atoms with Crippen molar-refractivity contribution in [1.82, 2.24) is 14.7 Å². The van der Waals surface area contributed by atoms with Crippen LogP contribution in [0.5, 0.6) is 0 Å². The maximum absolute atomic E-state index is 12.3. The molecule has 0 aromatic carbocycles. The Morgan fingerprint density at radius 3 is 2.83 bits per heavy atom. The molecule has 98 valence electrons. The van der Waals surface area contributed by atoms with Crippen molar-refractivity contribution in [3.63, 3.8) is 0 Å². The predicted molar refractivity (Wildman–Crippen MR) is 67.3 cm³/mol. The van der Waals surface area contributed by atoms with Crippen molar-refractivity contribution in [2.45, 2.75) is 24.8 Å². The Morgan fingerprint density at radius 2 is 2.33 bits per heavy atom. The third-order valence-electron chi connectivity index (χ3n) is 2.91. The Morgan fingerprint density at radius 1 is 1.61 bits per heavy atom. The number of carbonyl (C=O) groups excluding carboxylic acids is 1. The standard InChI is InChI=1S/C11H15N3O3S/c1-3-9-14(8(6-18-9)11(16)17)10(15)7-4-12-13(2)5-7/h4-5,8-9H,3,6H2,1-2H3,(H,16,17). The Balaban J connectivity index is 2.27. The molecule has 1 fully saturated rings. The van der Waals surface area contributed by atoms with E-state index in [9.17, 15) is 9.59 Å². The third-order valence-corrected chi connectivity index (χ3v) is 4.37. The highest BCUT2D eigenvalue weighted by atomic mass is 32.2. The van der Waals surface area contributed by atoms with Crippen molar-refractivity contribution in [2.24, 2.45) is 7.05 Å². The van der Waals surface area contributed by atoms with Crippen LogP contribution in [0.25, 0.3) is 0 Å². The van der Waals surface area contributed by atoms with E-state index in [0.29, 0.717) is 11.3 Å². The highest BCUT2D eigenvalue weighted by Crippen LogP contribution is 2.32. The van der Waals surface area contributed by atoms with Crippen LogP contribution in [-0.2, 0) is 11.8 Å². The van der Waals surface area contributed by atoms with Crippen molar-refractivity contribution in [1.29, 1.82) is 0 Å². The average Bonchev–Trinajstić information content (AvgIpc) is 2.93. The SMILES string of the molecule is CCC1SCC(C(=O)O)N1C(=O)c1cnn(C)c1. The van der Waals surface area contributed by atoms with Gasteiger partial charge in [-0.1, -0.05) is 6.92 Å². The van der Waals surface area contributed by atoms with E-state index in [0.717, 1.165) is 6.42 Å². The zero-order valence-electron chi connectivity index (χ0n) is 10.2. The Bertz CT molecular complexity index is 474. The van der Waals surface area contributed by atoms with Gasteiger partial charge in [0.15, 0.2) is 0 Å². The minimum absolute atomic E-state index is 0.0705. The fraction of sp³-hybridized carbons (Fsp3) is 0.545. The second-order valence-electron chi connectivity index (χ2n) is 4.17. The first-order chi connectivity index (χ1) is 8.54. The van der Waals surface area contributed by atoms with Gasteiger partial charge in [-0.3, -0.25) is 9.48 Å². The molecular formula is C11H15N3O3S.